The number of hydrogen-bond acceptors (Lipinski definition) is 4. The Bertz CT molecular complexity index is 995. The van der Waals surface area contributed by atoms with Gasteiger partial charge in [-0.05, 0) is 72.5 Å². The number of benzene rings is 3. The first-order valence-electron chi connectivity index (χ1n) is 10.9. The Kier molecular flexibility index (Phi) is 7.05. The van der Waals surface area contributed by atoms with E-state index in [4.69, 9.17) is 9.47 Å². The van der Waals surface area contributed by atoms with Gasteiger partial charge in [0.1, 0.15) is 11.5 Å². The van der Waals surface area contributed by atoms with Gasteiger partial charge in [0.25, 0.3) is 5.91 Å². The summed E-state index contributed by atoms with van der Waals surface area (Å²) in [4.78, 5) is 14.7. The minimum Gasteiger partial charge on any atom is -0.497 e. The molecule has 1 N–H and O–H groups in total. The number of nitrogens with zero attached hydrogens (tertiary/aromatic N) is 1. The molecular weight excluding hydrogens is 388 g/mol. The smallest absolute Gasteiger partial charge is 0.257 e. The fourth-order valence-corrected chi connectivity index (χ4v) is 4.05. The highest BCUT2D eigenvalue weighted by Gasteiger charge is 2.20. The number of amides is 1. The molecule has 1 fully saturated rings. The molecule has 0 atom stereocenters. The van der Waals surface area contributed by atoms with E-state index < -0.39 is 0 Å². The Morgan fingerprint density at radius 1 is 0.968 bits per heavy atom. The first-order valence-corrected chi connectivity index (χ1v) is 10.9. The fraction of sp³-hybridized carbons (Fsp3) is 0.346. The molecule has 0 spiro atoms. The summed E-state index contributed by atoms with van der Waals surface area (Å²) >= 11 is 0. The van der Waals surface area contributed by atoms with Gasteiger partial charge in [0, 0.05) is 13.1 Å². The van der Waals surface area contributed by atoms with Gasteiger partial charge < -0.3 is 14.8 Å². The third-order valence-corrected chi connectivity index (χ3v) is 5.95. The summed E-state index contributed by atoms with van der Waals surface area (Å²) < 4.78 is 10.9. The average Bonchev–Trinajstić information content (AvgIpc) is 2.82. The third kappa shape index (κ3) is 5.98. The predicted octanol–water partition coefficient (Wildman–Crippen LogP) is 4.26. The highest BCUT2D eigenvalue weighted by atomic mass is 16.5. The molecule has 5 heteroatoms. The van der Waals surface area contributed by atoms with E-state index in [0.717, 1.165) is 61.3 Å². The number of piperidine rings is 1. The lowest BCUT2D eigenvalue weighted by molar-refractivity contribution is -0.123. The minimum atomic E-state index is -0.0613. The van der Waals surface area contributed by atoms with Gasteiger partial charge in [-0.15, -0.1) is 0 Å². The molecule has 0 aromatic heterocycles. The number of carbonyl (C=O) groups excluding carboxylic acids is 1. The molecule has 1 heterocycles. The number of carbonyl (C=O) groups is 1. The molecule has 0 aliphatic carbocycles. The first kappa shape index (κ1) is 21.2. The van der Waals surface area contributed by atoms with E-state index in [-0.39, 0.29) is 12.5 Å². The van der Waals surface area contributed by atoms with Crippen LogP contribution in [0.15, 0.2) is 66.7 Å². The van der Waals surface area contributed by atoms with Crippen LogP contribution in [0.3, 0.4) is 0 Å². The molecule has 0 unspecified atom stereocenters. The van der Waals surface area contributed by atoms with Crippen molar-refractivity contribution in [1.82, 2.24) is 10.2 Å². The molecule has 1 amide bonds. The molecule has 3 aromatic rings. The van der Waals surface area contributed by atoms with Crippen molar-refractivity contribution in [2.24, 2.45) is 5.92 Å². The number of likely N-dealkylation sites (tertiary alicyclic amines) is 1. The number of methoxy groups -OCH3 is 1. The van der Waals surface area contributed by atoms with Gasteiger partial charge >= 0.3 is 0 Å². The van der Waals surface area contributed by atoms with E-state index >= 15 is 0 Å². The van der Waals surface area contributed by atoms with Gasteiger partial charge in [0.2, 0.25) is 0 Å². The average molecular weight is 419 g/mol. The van der Waals surface area contributed by atoms with Crippen molar-refractivity contribution in [3.63, 3.8) is 0 Å². The Hall–Kier alpha value is -3.05. The number of hydrogen-bond donors (Lipinski definition) is 1. The van der Waals surface area contributed by atoms with E-state index in [2.05, 4.69) is 28.4 Å². The topological polar surface area (TPSA) is 50.8 Å². The van der Waals surface area contributed by atoms with Crippen LogP contribution in [0.1, 0.15) is 18.4 Å². The van der Waals surface area contributed by atoms with E-state index in [0.29, 0.717) is 5.92 Å². The van der Waals surface area contributed by atoms with Gasteiger partial charge in [-0.1, -0.05) is 42.5 Å². The molecule has 31 heavy (non-hydrogen) atoms. The highest BCUT2D eigenvalue weighted by Crippen LogP contribution is 2.21. The zero-order valence-corrected chi connectivity index (χ0v) is 18.0. The normalized spacial score (nSPS) is 15.0. The number of ether oxygens (including phenoxy) is 2. The molecule has 162 valence electrons. The lowest BCUT2D eigenvalue weighted by Gasteiger charge is -2.32. The summed E-state index contributed by atoms with van der Waals surface area (Å²) in [5.41, 5.74) is 1.30. The molecule has 1 saturated heterocycles. The molecule has 1 aliphatic rings. The monoisotopic (exact) mass is 418 g/mol. The van der Waals surface area contributed by atoms with Crippen LogP contribution in [-0.4, -0.2) is 44.2 Å². The van der Waals surface area contributed by atoms with Gasteiger partial charge in [0.15, 0.2) is 6.61 Å². The molecule has 0 bridgehead atoms. The van der Waals surface area contributed by atoms with Crippen LogP contribution in [0.5, 0.6) is 11.5 Å². The lowest BCUT2D eigenvalue weighted by atomic mass is 9.96. The summed E-state index contributed by atoms with van der Waals surface area (Å²) in [6, 6.07) is 22.3. The van der Waals surface area contributed by atoms with Gasteiger partial charge in [-0.25, -0.2) is 0 Å². The maximum atomic E-state index is 12.2. The Labute approximate surface area is 184 Å². The first-order chi connectivity index (χ1) is 15.2. The predicted molar refractivity (Wildman–Crippen MR) is 123 cm³/mol. The van der Waals surface area contributed by atoms with Gasteiger partial charge in [0.05, 0.1) is 7.11 Å². The van der Waals surface area contributed by atoms with Crippen LogP contribution in [0.25, 0.3) is 10.8 Å². The second-order valence-electron chi connectivity index (χ2n) is 8.17. The Morgan fingerprint density at radius 2 is 1.68 bits per heavy atom. The van der Waals surface area contributed by atoms with Crippen LogP contribution in [0.4, 0.5) is 0 Å². The van der Waals surface area contributed by atoms with E-state index in [9.17, 15) is 4.79 Å². The standard InChI is InChI=1S/C26H30N2O3/c1-30-24-9-6-21(7-10-24)18-28-14-12-20(13-15-28)17-27-26(29)19-31-25-11-8-22-4-2-3-5-23(22)16-25/h2-11,16,20H,12-15,17-19H2,1H3,(H,27,29). The van der Waals surface area contributed by atoms with Crippen LogP contribution in [0.2, 0.25) is 0 Å². The summed E-state index contributed by atoms with van der Waals surface area (Å²) in [7, 11) is 1.69. The Balaban J connectivity index is 1.15. The Morgan fingerprint density at radius 3 is 2.42 bits per heavy atom. The van der Waals surface area contributed by atoms with Crippen molar-refractivity contribution >= 4 is 16.7 Å². The SMILES string of the molecule is COc1ccc(CN2CCC(CNC(=O)COc3ccc4ccccc4c3)CC2)cc1. The van der Waals surface area contributed by atoms with Gasteiger partial charge in [-0.2, -0.15) is 0 Å². The zero-order valence-electron chi connectivity index (χ0n) is 18.0. The fourth-order valence-electron chi connectivity index (χ4n) is 4.05. The minimum absolute atomic E-state index is 0.0503. The van der Waals surface area contributed by atoms with Crippen LogP contribution in [0, 0.1) is 5.92 Å². The quantitative estimate of drug-likeness (QED) is 0.594. The number of nitrogens with one attached hydrogen (secondary N) is 1. The third-order valence-electron chi connectivity index (χ3n) is 5.95. The van der Waals surface area contributed by atoms with Crippen LogP contribution in [-0.2, 0) is 11.3 Å². The molecule has 5 nitrogen and oxygen atoms in total. The van der Waals surface area contributed by atoms with Gasteiger partial charge in [-0.3, -0.25) is 9.69 Å². The summed E-state index contributed by atoms with van der Waals surface area (Å²) in [5.74, 6) is 2.08. The summed E-state index contributed by atoms with van der Waals surface area (Å²) in [6.45, 7) is 3.84. The maximum Gasteiger partial charge on any atom is 0.257 e. The van der Waals surface area contributed by atoms with E-state index in [1.807, 2.05) is 48.5 Å². The lowest BCUT2D eigenvalue weighted by Crippen LogP contribution is -2.39. The maximum absolute atomic E-state index is 12.2. The van der Waals surface area contributed by atoms with Crippen LogP contribution < -0.4 is 14.8 Å². The van der Waals surface area contributed by atoms with Crippen molar-refractivity contribution in [3.8, 4) is 11.5 Å². The summed E-state index contributed by atoms with van der Waals surface area (Å²) in [5, 5.41) is 5.32. The molecule has 1 aliphatic heterocycles. The largest absolute Gasteiger partial charge is 0.497 e. The molecule has 4 rings (SSSR count). The molecule has 0 radical (unpaired) electrons. The molecule has 0 saturated carbocycles. The number of fused-ring (bicyclic) bond motifs is 1. The second-order valence-corrected chi connectivity index (χ2v) is 8.17. The van der Waals surface area contributed by atoms with Crippen molar-refractivity contribution in [3.05, 3.63) is 72.3 Å². The number of rotatable bonds is 8. The molecular formula is C26H30N2O3. The second kappa shape index (κ2) is 10.3. The van der Waals surface area contributed by atoms with Crippen molar-refractivity contribution in [1.29, 1.82) is 0 Å². The van der Waals surface area contributed by atoms with E-state index in [1.165, 1.54) is 5.56 Å². The zero-order chi connectivity index (χ0) is 21.5. The molecule has 3 aromatic carbocycles. The van der Waals surface area contributed by atoms with Crippen molar-refractivity contribution < 1.29 is 14.3 Å². The van der Waals surface area contributed by atoms with Crippen molar-refractivity contribution in [2.75, 3.05) is 33.4 Å². The summed E-state index contributed by atoms with van der Waals surface area (Å²) in [6.07, 6.45) is 2.20. The highest BCUT2D eigenvalue weighted by molar-refractivity contribution is 5.84. The van der Waals surface area contributed by atoms with Crippen molar-refractivity contribution in [2.45, 2.75) is 19.4 Å². The van der Waals surface area contributed by atoms with E-state index in [1.54, 1.807) is 7.11 Å². The van der Waals surface area contributed by atoms with Crippen LogP contribution >= 0.6 is 0 Å².